The number of ether oxygens (including phenoxy) is 1. The second kappa shape index (κ2) is 9.76. The van der Waals surface area contributed by atoms with E-state index in [1.54, 1.807) is 0 Å². The van der Waals surface area contributed by atoms with Gasteiger partial charge in [-0.1, -0.05) is 36.4 Å². The van der Waals surface area contributed by atoms with E-state index in [1.807, 2.05) is 6.07 Å². The summed E-state index contributed by atoms with van der Waals surface area (Å²) in [5, 5.41) is 3.21. The summed E-state index contributed by atoms with van der Waals surface area (Å²) in [6, 6.07) is 17.9. The van der Waals surface area contributed by atoms with Crippen molar-refractivity contribution in [1.82, 2.24) is 15.1 Å². The lowest BCUT2D eigenvalue weighted by atomic mass is 9.76. The number of piperidine rings is 2. The Bertz CT molecular complexity index is 961. The molecule has 5 rings (SSSR count). The Labute approximate surface area is 198 Å². The number of carbonyl (C=O) groups excluding carboxylic acids is 1. The maximum absolute atomic E-state index is 13.2. The standard InChI is InChI=1S/C28H37N3O2/c1-20(2)33-24-10-11-25-22(17-24)13-16-30-19-23-9-6-15-31(26(23)18-27(25)30)28(32)29-14-12-21-7-4-3-5-8-21/h3-5,7-8,10-11,17,20,23,26-27H,6,9,12-16,18-19H2,1-2H3,(H,29,32)/t23-,26+,27+/m1/s1. The maximum atomic E-state index is 13.2. The third kappa shape index (κ3) is 4.89. The fraction of sp³-hybridized carbons (Fsp3) is 0.536. The van der Waals surface area contributed by atoms with Crippen LogP contribution >= 0.6 is 0 Å². The molecule has 2 aromatic rings. The van der Waals surface area contributed by atoms with Gasteiger partial charge in [-0.05, 0) is 80.7 Å². The number of hydrogen-bond donors (Lipinski definition) is 1. The first kappa shape index (κ1) is 22.3. The largest absolute Gasteiger partial charge is 0.491 e. The van der Waals surface area contributed by atoms with Crippen molar-refractivity contribution in [2.24, 2.45) is 5.92 Å². The number of carbonyl (C=O) groups is 1. The van der Waals surface area contributed by atoms with E-state index in [9.17, 15) is 4.79 Å². The monoisotopic (exact) mass is 447 g/mol. The highest BCUT2D eigenvalue weighted by molar-refractivity contribution is 5.74. The first-order chi connectivity index (χ1) is 16.1. The van der Waals surface area contributed by atoms with Crippen molar-refractivity contribution in [3.63, 3.8) is 0 Å². The minimum atomic E-state index is 0.116. The normalized spacial score (nSPS) is 24.6. The van der Waals surface area contributed by atoms with Crippen molar-refractivity contribution in [2.75, 3.05) is 26.2 Å². The summed E-state index contributed by atoms with van der Waals surface area (Å²) in [5.41, 5.74) is 4.12. The number of amides is 2. The van der Waals surface area contributed by atoms with Gasteiger partial charge in [0.2, 0.25) is 0 Å². The molecule has 0 aromatic heterocycles. The van der Waals surface area contributed by atoms with Gasteiger partial charge in [0.15, 0.2) is 0 Å². The fourth-order valence-corrected chi connectivity index (χ4v) is 6.09. The van der Waals surface area contributed by atoms with Crippen LogP contribution in [-0.4, -0.2) is 54.2 Å². The number of urea groups is 1. The average molecular weight is 448 g/mol. The molecule has 1 N–H and O–H groups in total. The SMILES string of the molecule is CC(C)Oc1ccc2c(c1)CCN1C[C@H]3CCCN(C(=O)NCCc4ccccc4)[C@H]3C[C@@H]21. The van der Waals surface area contributed by atoms with Gasteiger partial charge in [0, 0.05) is 38.3 Å². The number of benzene rings is 2. The Hall–Kier alpha value is -2.53. The van der Waals surface area contributed by atoms with Crippen molar-refractivity contribution in [1.29, 1.82) is 0 Å². The summed E-state index contributed by atoms with van der Waals surface area (Å²) in [7, 11) is 0. The topological polar surface area (TPSA) is 44.8 Å². The van der Waals surface area contributed by atoms with E-state index in [0.29, 0.717) is 24.5 Å². The van der Waals surface area contributed by atoms with E-state index < -0.39 is 0 Å². The molecule has 2 amide bonds. The molecule has 2 aromatic carbocycles. The van der Waals surface area contributed by atoms with Crippen LogP contribution in [-0.2, 0) is 12.8 Å². The molecule has 5 nitrogen and oxygen atoms in total. The van der Waals surface area contributed by atoms with Gasteiger partial charge in [-0.25, -0.2) is 4.79 Å². The minimum Gasteiger partial charge on any atom is -0.491 e. The van der Waals surface area contributed by atoms with E-state index in [4.69, 9.17) is 4.74 Å². The van der Waals surface area contributed by atoms with Gasteiger partial charge in [0.05, 0.1) is 6.10 Å². The third-order valence-electron chi connectivity index (χ3n) is 7.60. The predicted molar refractivity (Wildman–Crippen MR) is 132 cm³/mol. The lowest BCUT2D eigenvalue weighted by molar-refractivity contribution is 0.00574. The van der Waals surface area contributed by atoms with Gasteiger partial charge >= 0.3 is 6.03 Å². The Morgan fingerprint density at radius 2 is 2.00 bits per heavy atom. The van der Waals surface area contributed by atoms with Crippen molar-refractivity contribution in [3.05, 3.63) is 65.2 Å². The quantitative estimate of drug-likeness (QED) is 0.715. The molecule has 0 bridgehead atoms. The van der Waals surface area contributed by atoms with E-state index in [2.05, 4.69) is 71.4 Å². The molecule has 2 fully saturated rings. The summed E-state index contributed by atoms with van der Waals surface area (Å²) in [4.78, 5) is 18.0. The highest BCUT2D eigenvalue weighted by atomic mass is 16.5. The Morgan fingerprint density at radius 3 is 2.82 bits per heavy atom. The number of likely N-dealkylation sites (tertiary alicyclic amines) is 1. The van der Waals surface area contributed by atoms with Crippen LogP contribution in [0.4, 0.5) is 4.79 Å². The van der Waals surface area contributed by atoms with E-state index in [0.717, 1.165) is 51.1 Å². The molecule has 0 radical (unpaired) electrons. The molecule has 0 spiro atoms. The summed E-state index contributed by atoms with van der Waals surface area (Å²) in [6.07, 6.45) is 5.53. The second-order valence-electron chi connectivity index (χ2n) is 10.2. The predicted octanol–water partition coefficient (Wildman–Crippen LogP) is 4.81. The zero-order valence-corrected chi connectivity index (χ0v) is 20.0. The van der Waals surface area contributed by atoms with Crippen LogP contribution < -0.4 is 10.1 Å². The summed E-state index contributed by atoms with van der Waals surface area (Å²) < 4.78 is 5.95. The minimum absolute atomic E-state index is 0.116. The van der Waals surface area contributed by atoms with Crippen LogP contribution in [0, 0.1) is 5.92 Å². The highest BCUT2D eigenvalue weighted by Gasteiger charge is 2.43. The average Bonchev–Trinajstić information content (AvgIpc) is 2.82. The van der Waals surface area contributed by atoms with Crippen LogP contribution in [0.5, 0.6) is 5.75 Å². The van der Waals surface area contributed by atoms with Gasteiger partial charge in [0.1, 0.15) is 5.75 Å². The summed E-state index contributed by atoms with van der Waals surface area (Å²) in [5.74, 6) is 1.56. The van der Waals surface area contributed by atoms with Gasteiger partial charge in [0.25, 0.3) is 0 Å². The fourth-order valence-electron chi connectivity index (χ4n) is 6.09. The molecule has 2 saturated heterocycles. The molecule has 5 heteroatoms. The van der Waals surface area contributed by atoms with Crippen LogP contribution in [0.15, 0.2) is 48.5 Å². The lowest BCUT2D eigenvalue weighted by Crippen LogP contribution is -2.59. The van der Waals surface area contributed by atoms with Crippen LogP contribution in [0.2, 0.25) is 0 Å². The zero-order chi connectivity index (χ0) is 22.8. The summed E-state index contributed by atoms with van der Waals surface area (Å²) in [6.45, 7) is 7.92. The maximum Gasteiger partial charge on any atom is 0.317 e. The van der Waals surface area contributed by atoms with Crippen LogP contribution in [0.25, 0.3) is 0 Å². The lowest BCUT2D eigenvalue weighted by Gasteiger charge is -2.52. The van der Waals surface area contributed by atoms with Gasteiger partial charge in [-0.2, -0.15) is 0 Å². The zero-order valence-electron chi connectivity index (χ0n) is 20.0. The van der Waals surface area contributed by atoms with Crippen molar-refractivity contribution < 1.29 is 9.53 Å². The first-order valence-electron chi connectivity index (χ1n) is 12.7. The molecule has 0 aliphatic carbocycles. The van der Waals surface area contributed by atoms with E-state index in [1.165, 1.54) is 23.1 Å². The molecule has 3 aliphatic heterocycles. The molecule has 0 unspecified atom stereocenters. The molecule has 33 heavy (non-hydrogen) atoms. The smallest absolute Gasteiger partial charge is 0.317 e. The third-order valence-corrected chi connectivity index (χ3v) is 7.60. The number of nitrogens with zero attached hydrogens (tertiary/aromatic N) is 2. The Morgan fingerprint density at radius 1 is 1.15 bits per heavy atom. The van der Waals surface area contributed by atoms with Crippen LogP contribution in [0.3, 0.4) is 0 Å². The Balaban J connectivity index is 1.27. The molecule has 176 valence electrons. The number of nitrogens with one attached hydrogen (secondary N) is 1. The van der Waals surface area contributed by atoms with Gasteiger partial charge < -0.3 is 15.0 Å². The Kier molecular flexibility index (Phi) is 6.59. The van der Waals surface area contributed by atoms with Gasteiger partial charge in [-0.3, -0.25) is 4.90 Å². The molecular weight excluding hydrogens is 410 g/mol. The molecule has 3 atom stereocenters. The molecule has 0 saturated carbocycles. The van der Waals surface area contributed by atoms with E-state index >= 15 is 0 Å². The van der Waals surface area contributed by atoms with Crippen molar-refractivity contribution in [3.8, 4) is 5.75 Å². The summed E-state index contributed by atoms with van der Waals surface area (Å²) >= 11 is 0. The molecular formula is C28H37N3O2. The van der Waals surface area contributed by atoms with Crippen LogP contribution in [0.1, 0.15) is 55.8 Å². The van der Waals surface area contributed by atoms with Crippen molar-refractivity contribution >= 4 is 6.03 Å². The number of fused-ring (bicyclic) bond motifs is 4. The van der Waals surface area contributed by atoms with Crippen molar-refractivity contribution in [2.45, 2.75) is 64.1 Å². The van der Waals surface area contributed by atoms with Gasteiger partial charge in [-0.15, -0.1) is 0 Å². The highest BCUT2D eigenvalue weighted by Crippen LogP contribution is 2.43. The molecule has 3 heterocycles. The second-order valence-corrected chi connectivity index (χ2v) is 10.2. The first-order valence-corrected chi connectivity index (χ1v) is 12.7. The number of rotatable bonds is 5. The number of hydrogen-bond acceptors (Lipinski definition) is 3. The molecule has 3 aliphatic rings. The van der Waals surface area contributed by atoms with E-state index in [-0.39, 0.29) is 12.1 Å².